The molecule has 194 valence electrons. The molecule has 1 aliphatic heterocycles. The first kappa shape index (κ1) is 25.8. The van der Waals surface area contributed by atoms with Gasteiger partial charge in [0, 0.05) is 18.5 Å². The summed E-state index contributed by atoms with van der Waals surface area (Å²) in [7, 11) is 0. The van der Waals surface area contributed by atoms with E-state index in [0.717, 1.165) is 46.1 Å². The Morgan fingerprint density at radius 2 is 1.45 bits per heavy atom. The number of aryl methyl sites for hydroxylation is 1. The number of thiazole rings is 1. The van der Waals surface area contributed by atoms with Crippen molar-refractivity contribution in [2.75, 3.05) is 18.0 Å². The zero-order chi connectivity index (χ0) is 26.5. The fourth-order valence-electron chi connectivity index (χ4n) is 3.64. The number of anilines is 1. The average Bonchev–Trinajstić information content (AvgIpc) is 3.68. The van der Waals surface area contributed by atoms with Gasteiger partial charge in [-0.25, -0.2) is 4.98 Å². The van der Waals surface area contributed by atoms with Gasteiger partial charge in [0.1, 0.15) is 5.00 Å². The maximum Gasteiger partial charge on any atom is 0.434 e. The number of aromatic nitrogens is 1. The van der Waals surface area contributed by atoms with E-state index in [2.05, 4.69) is 46.6 Å². The number of rotatable bonds is 7. The Hall–Kier alpha value is -3.84. The van der Waals surface area contributed by atoms with Crippen LogP contribution in [-0.2, 0) is 6.18 Å². The monoisotopic (exact) mass is 554 g/mol. The van der Waals surface area contributed by atoms with Crippen LogP contribution in [0.5, 0.6) is 0 Å². The van der Waals surface area contributed by atoms with Gasteiger partial charge in [0.15, 0.2) is 5.69 Å². The first-order valence-corrected chi connectivity index (χ1v) is 13.4. The summed E-state index contributed by atoms with van der Waals surface area (Å²) in [6.07, 6.45) is -2.03. The molecule has 38 heavy (non-hydrogen) atoms. The minimum Gasteiger partial charge on any atom is -0.363 e. The third-order valence-electron chi connectivity index (χ3n) is 5.60. The Morgan fingerprint density at radius 1 is 0.789 bits per heavy atom. The Balaban J connectivity index is 1.19. The second-order valence-electron chi connectivity index (χ2n) is 8.41. The molecule has 0 spiro atoms. The highest BCUT2D eigenvalue weighted by molar-refractivity contribution is 7.19. The third kappa shape index (κ3) is 6.53. The molecule has 1 saturated heterocycles. The van der Waals surface area contributed by atoms with E-state index < -0.39 is 11.9 Å². The summed E-state index contributed by atoms with van der Waals surface area (Å²) in [5.74, 6) is 0. The highest BCUT2D eigenvalue weighted by Crippen LogP contribution is 2.36. The summed E-state index contributed by atoms with van der Waals surface area (Å²) in [4.78, 5) is 5.80. The van der Waals surface area contributed by atoms with E-state index in [1.807, 2.05) is 31.2 Å². The van der Waals surface area contributed by atoms with Gasteiger partial charge >= 0.3 is 6.18 Å². The number of halogens is 3. The Bertz CT molecular complexity index is 1480. The van der Waals surface area contributed by atoms with Crippen molar-refractivity contribution in [1.29, 1.82) is 0 Å². The molecule has 0 atom stereocenters. The lowest BCUT2D eigenvalue weighted by Gasteiger charge is -2.13. The van der Waals surface area contributed by atoms with Crippen LogP contribution in [0.2, 0.25) is 0 Å². The van der Waals surface area contributed by atoms with Gasteiger partial charge < -0.3 is 4.90 Å². The molecule has 3 heterocycles. The summed E-state index contributed by atoms with van der Waals surface area (Å²) in [6.45, 7) is 4.13. The van der Waals surface area contributed by atoms with Crippen LogP contribution in [0, 0.1) is 6.92 Å². The minimum absolute atomic E-state index is 0.0678. The average molecular weight is 555 g/mol. The van der Waals surface area contributed by atoms with E-state index in [9.17, 15) is 13.2 Å². The standard InChI is InChI=1S/C25H21F3N8S2/c1-16-14-19(32-34-22-10-11-23(38-22)36-12-2-3-13-36)8-9-20(16)33-30-17-4-6-18(7-5-17)31-35-24-29-21(15-37-24)25(26,27)28/h4-11,14-15H,2-3,12-13H2,1H3. The van der Waals surface area contributed by atoms with Gasteiger partial charge in [0.05, 0.1) is 27.8 Å². The molecule has 0 aliphatic carbocycles. The second kappa shape index (κ2) is 11.3. The SMILES string of the molecule is Cc1cc(N=Nc2ccc(N3CCCC3)s2)ccc1N=Nc1ccc(N=Nc2nc(C(F)(F)F)cs2)cc1. The smallest absolute Gasteiger partial charge is 0.363 e. The van der Waals surface area contributed by atoms with Crippen LogP contribution < -0.4 is 4.90 Å². The summed E-state index contributed by atoms with van der Waals surface area (Å²) in [5.41, 5.74) is 2.40. The molecule has 5 rings (SSSR count). The van der Waals surface area contributed by atoms with Crippen LogP contribution in [0.4, 0.5) is 51.1 Å². The highest BCUT2D eigenvalue weighted by atomic mass is 32.1. The summed E-state index contributed by atoms with van der Waals surface area (Å²) in [6, 6.07) is 16.3. The molecular formula is C25H21F3N8S2. The van der Waals surface area contributed by atoms with Gasteiger partial charge in [0.25, 0.3) is 0 Å². The molecule has 0 unspecified atom stereocenters. The summed E-state index contributed by atoms with van der Waals surface area (Å²) in [5, 5.41) is 27.9. The van der Waals surface area contributed by atoms with E-state index in [4.69, 9.17) is 0 Å². The maximum absolute atomic E-state index is 12.6. The van der Waals surface area contributed by atoms with Crippen molar-refractivity contribution < 1.29 is 13.2 Å². The second-order valence-corrected chi connectivity index (χ2v) is 10.3. The number of nitrogens with zero attached hydrogens (tertiary/aromatic N) is 8. The fraction of sp³-hybridized carbons (Fsp3) is 0.240. The van der Waals surface area contributed by atoms with E-state index in [-0.39, 0.29) is 5.13 Å². The Labute approximate surface area is 224 Å². The van der Waals surface area contributed by atoms with Crippen LogP contribution in [-0.4, -0.2) is 18.1 Å². The molecule has 1 aliphatic rings. The maximum atomic E-state index is 12.6. The van der Waals surface area contributed by atoms with Crippen molar-refractivity contribution in [3.8, 4) is 0 Å². The van der Waals surface area contributed by atoms with Crippen molar-refractivity contribution in [1.82, 2.24) is 4.98 Å². The van der Waals surface area contributed by atoms with Crippen molar-refractivity contribution in [3.05, 3.63) is 71.2 Å². The number of benzene rings is 2. The third-order valence-corrected chi connectivity index (χ3v) is 7.35. The zero-order valence-corrected chi connectivity index (χ0v) is 21.8. The molecule has 13 heteroatoms. The number of hydrogen-bond donors (Lipinski definition) is 0. The predicted octanol–water partition coefficient (Wildman–Crippen LogP) is 10.4. The summed E-state index contributed by atoms with van der Waals surface area (Å²) < 4.78 is 37.9. The van der Waals surface area contributed by atoms with Gasteiger partial charge in [0.2, 0.25) is 5.13 Å². The largest absolute Gasteiger partial charge is 0.434 e. The van der Waals surface area contributed by atoms with Gasteiger partial charge in [-0.15, -0.1) is 31.8 Å². The van der Waals surface area contributed by atoms with Crippen molar-refractivity contribution in [2.45, 2.75) is 25.9 Å². The van der Waals surface area contributed by atoms with Gasteiger partial charge in [-0.1, -0.05) is 11.3 Å². The zero-order valence-electron chi connectivity index (χ0n) is 20.1. The molecule has 2 aromatic heterocycles. The van der Waals surface area contributed by atoms with Crippen molar-refractivity contribution in [2.24, 2.45) is 30.7 Å². The molecule has 8 nitrogen and oxygen atoms in total. The number of alkyl halides is 3. The van der Waals surface area contributed by atoms with Crippen LogP contribution in [0.15, 0.2) is 90.7 Å². The van der Waals surface area contributed by atoms with Crippen molar-refractivity contribution >= 4 is 60.6 Å². The lowest BCUT2D eigenvalue weighted by molar-refractivity contribution is -0.140. The van der Waals surface area contributed by atoms with Crippen LogP contribution in [0.1, 0.15) is 24.1 Å². The number of thiophene rings is 1. The molecule has 0 amide bonds. The number of azo groups is 3. The normalized spacial score (nSPS) is 14.6. The van der Waals surface area contributed by atoms with E-state index in [1.165, 1.54) is 17.8 Å². The van der Waals surface area contributed by atoms with Gasteiger partial charge in [-0.05, 0) is 79.9 Å². The predicted molar refractivity (Wildman–Crippen MR) is 143 cm³/mol. The lowest BCUT2D eigenvalue weighted by atomic mass is 10.2. The van der Waals surface area contributed by atoms with Gasteiger partial charge in [-0.3, -0.25) is 0 Å². The van der Waals surface area contributed by atoms with E-state index in [0.29, 0.717) is 17.1 Å². The first-order valence-electron chi connectivity index (χ1n) is 11.7. The number of hydrogen-bond acceptors (Lipinski definition) is 10. The van der Waals surface area contributed by atoms with Crippen molar-refractivity contribution in [3.63, 3.8) is 0 Å². The molecule has 0 radical (unpaired) electrons. The molecule has 1 fully saturated rings. The minimum atomic E-state index is -4.50. The topological polar surface area (TPSA) is 90.3 Å². The Kier molecular flexibility index (Phi) is 7.65. The molecule has 2 aromatic carbocycles. The van der Waals surface area contributed by atoms with Crippen LogP contribution >= 0.6 is 22.7 Å². The quantitative estimate of drug-likeness (QED) is 0.213. The first-order chi connectivity index (χ1) is 18.3. The Morgan fingerprint density at radius 3 is 2.11 bits per heavy atom. The van der Waals surface area contributed by atoms with Gasteiger partial charge in [-0.2, -0.15) is 23.4 Å². The lowest BCUT2D eigenvalue weighted by Crippen LogP contribution is -2.15. The summed E-state index contributed by atoms with van der Waals surface area (Å²) >= 11 is 2.42. The highest BCUT2D eigenvalue weighted by Gasteiger charge is 2.33. The molecule has 0 saturated carbocycles. The molecule has 0 bridgehead atoms. The molecule has 0 N–H and O–H groups in total. The van der Waals surface area contributed by atoms with Crippen LogP contribution in [0.25, 0.3) is 0 Å². The van der Waals surface area contributed by atoms with E-state index >= 15 is 0 Å². The van der Waals surface area contributed by atoms with E-state index in [1.54, 1.807) is 35.6 Å². The molecular weight excluding hydrogens is 533 g/mol. The van der Waals surface area contributed by atoms with Crippen LogP contribution in [0.3, 0.4) is 0 Å². The fourth-order valence-corrected chi connectivity index (χ4v) is 5.16. The molecule has 4 aromatic rings.